The van der Waals surface area contributed by atoms with Crippen LogP contribution in [0.2, 0.25) is 0 Å². The van der Waals surface area contributed by atoms with Crippen LogP contribution in [0.4, 0.5) is 13.2 Å². The summed E-state index contributed by atoms with van der Waals surface area (Å²) in [5.41, 5.74) is 6.48. The number of halogens is 3. The van der Waals surface area contributed by atoms with E-state index < -0.39 is 12.4 Å². The summed E-state index contributed by atoms with van der Waals surface area (Å²) in [5, 5.41) is 3.92. The number of rotatable bonds is 4. The Morgan fingerprint density at radius 3 is 2.64 bits per heavy atom. The van der Waals surface area contributed by atoms with E-state index in [2.05, 4.69) is 30.0 Å². The molecule has 1 aliphatic rings. The number of alkyl halides is 3. The Balaban J connectivity index is 1.31. The van der Waals surface area contributed by atoms with Crippen molar-refractivity contribution in [2.24, 2.45) is 0 Å². The second kappa shape index (κ2) is 8.45. The summed E-state index contributed by atoms with van der Waals surface area (Å²) in [6.07, 6.45) is -1.45. The lowest BCUT2D eigenvalue weighted by Crippen LogP contribution is -2.28. The predicted molar refractivity (Wildman–Crippen MR) is 139 cm³/mol. The molecule has 0 fully saturated rings. The number of nitrogens with one attached hydrogen (secondary N) is 3. The summed E-state index contributed by atoms with van der Waals surface area (Å²) in [6, 6.07) is 20.6. The molecule has 3 aromatic heterocycles. The van der Waals surface area contributed by atoms with E-state index >= 15 is 0 Å². The molecule has 0 radical (unpaired) electrons. The third-order valence-corrected chi connectivity index (χ3v) is 6.87. The zero-order valence-corrected chi connectivity index (χ0v) is 20.0. The molecule has 3 aromatic carbocycles. The van der Waals surface area contributed by atoms with Gasteiger partial charge in [0.25, 0.3) is 5.91 Å². The second-order valence-electron chi connectivity index (χ2n) is 9.17. The minimum Gasteiger partial charge on any atom is -0.406 e. The van der Waals surface area contributed by atoms with Gasteiger partial charge in [-0.05, 0) is 46.5 Å². The number of imidazole rings is 1. The van der Waals surface area contributed by atoms with Crippen molar-refractivity contribution < 1.29 is 22.7 Å². The Hall–Kier alpha value is -5.12. The molecule has 10 heteroatoms. The molecule has 1 aliphatic carbocycles. The molecule has 3 heterocycles. The molecule has 0 saturated heterocycles. The van der Waals surface area contributed by atoms with Crippen LogP contribution in [0.25, 0.3) is 44.6 Å². The highest BCUT2D eigenvalue weighted by Gasteiger charge is 2.33. The van der Waals surface area contributed by atoms with Crippen molar-refractivity contribution in [1.29, 1.82) is 0 Å². The molecule has 0 unspecified atom stereocenters. The quantitative estimate of drug-likeness (QED) is 0.245. The predicted octanol–water partition coefficient (Wildman–Crippen LogP) is 6.50. The molecule has 0 saturated carbocycles. The van der Waals surface area contributed by atoms with Gasteiger partial charge in [0.1, 0.15) is 17.2 Å². The zero-order valence-electron chi connectivity index (χ0n) is 20.0. The summed E-state index contributed by atoms with van der Waals surface area (Å²) in [6.45, 7) is 0. The van der Waals surface area contributed by atoms with Crippen LogP contribution in [-0.4, -0.2) is 32.2 Å². The minimum absolute atomic E-state index is 0.235. The van der Waals surface area contributed by atoms with Crippen molar-refractivity contribution in [2.45, 2.75) is 12.4 Å². The number of benzene rings is 3. The highest BCUT2D eigenvalue weighted by atomic mass is 19.4. The smallest absolute Gasteiger partial charge is 0.406 e. The minimum atomic E-state index is -4.79. The lowest BCUT2D eigenvalue weighted by molar-refractivity contribution is -0.274. The first-order valence-corrected chi connectivity index (χ1v) is 12.1. The summed E-state index contributed by atoms with van der Waals surface area (Å²) >= 11 is 0. The molecule has 1 atom stereocenters. The van der Waals surface area contributed by atoms with Crippen LogP contribution in [0.3, 0.4) is 0 Å². The first kappa shape index (κ1) is 23.0. The standard InChI is InChI=1S/C29H18F3N5O2/c30-29(31,32)39-15-8-9-22-23(14-15)36-27(35-22)21-7-3-6-20-24(21)16-4-1-2-5-17(16)25(20)37-28(38)19-11-13-34-26-18(19)10-12-33-26/h1-14,25H,(H,33,34)(H,35,36)(H,37,38)/t25-/m1/s1. The van der Waals surface area contributed by atoms with Gasteiger partial charge in [-0.3, -0.25) is 4.79 Å². The Morgan fingerprint density at radius 2 is 1.77 bits per heavy atom. The highest BCUT2D eigenvalue weighted by Crippen LogP contribution is 2.47. The highest BCUT2D eigenvalue weighted by molar-refractivity contribution is 6.06. The number of aromatic nitrogens is 4. The van der Waals surface area contributed by atoms with Crippen LogP contribution in [0.1, 0.15) is 27.5 Å². The molecule has 39 heavy (non-hydrogen) atoms. The van der Waals surface area contributed by atoms with E-state index in [1.165, 1.54) is 18.2 Å². The van der Waals surface area contributed by atoms with E-state index in [1.54, 1.807) is 18.5 Å². The number of amides is 1. The maximum absolute atomic E-state index is 13.5. The first-order chi connectivity index (χ1) is 18.9. The van der Waals surface area contributed by atoms with Crippen molar-refractivity contribution in [2.75, 3.05) is 0 Å². The third-order valence-electron chi connectivity index (χ3n) is 6.87. The van der Waals surface area contributed by atoms with Crippen molar-refractivity contribution in [3.8, 4) is 28.3 Å². The maximum Gasteiger partial charge on any atom is 0.573 e. The summed E-state index contributed by atoms with van der Waals surface area (Å²) < 4.78 is 42.2. The molecule has 7 nitrogen and oxygen atoms in total. The number of ether oxygens (including phenoxy) is 1. The zero-order chi connectivity index (χ0) is 26.7. The number of aromatic amines is 2. The van der Waals surface area contributed by atoms with Gasteiger partial charge in [-0.15, -0.1) is 13.2 Å². The first-order valence-electron chi connectivity index (χ1n) is 12.1. The topological polar surface area (TPSA) is 95.7 Å². The van der Waals surface area contributed by atoms with Gasteiger partial charge in [-0.1, -0.05) is 42.5 Å². The molecular formula is C29H18F3N5O2. The van der Waals surface area contributed by atoms with Gasteiger partial charge in [0.05, 0.1) is 22.6 Å². The van der Waals surface area contributed by atoms with Crippen molar-refractivity contribution in [3.05, 3.63) is 102 Å². The van der Waals surface area contributed by atoms with Gasteiger partial charge in [-0.2, -0.15) is 0 Å². The normalized spacial score (nSPS) is 14.4. The van der Waals surface area contributed by atoms with Crippen molar-refractivity contribution >= 4 is 28.0 Å². The fourth-order valence-corrected chi connectivity index (χ4v) is 5.29. The summed E-state index contributed by atoms with van der Waals surface area (Å²) in [7, 11) is 0. The fourth-order valence-electron chi connectivity index (χ4n) is 5.29. The number of carbonyl (C=O) groups is 1. The van der Waals surface area contributed by atoms with Gasteiger partial charge >= 0.3 is 6.36 Å². The molecule has 0 bridgehead atoms. The fraction of sp³-hybridized carbons (Fsp3) is 0.0690. The summed E-state index contributed by atoms with van der Waals surface area (Å²) in [4.78, 5) is 28.5. The number of H-pyrrole nitrogens is 2. The van der Waals surface area contributed by atoms with Gasteiger partial charge in [0, 0.05) is 29.4 Å². The van der Waals surface area contributed by atoms with Crippen molar-refractivity contribution in [1.82, 2.24) is 25.3 Å². The molecule has 6 aromatic rings. The molecule has 0 spiro atoms. The molecule has 3 N–H and O–H groups in total. The average Bonchev–Trinajstić information content (AvgIpc) is 3.63. The summed E-state index contributed by atoms with van der Waals surface area (Å²) in [5.74, 6) is -0.0683. The monoisotopic (exact) mass is 525 g/mol. The van der Waals surface area contributed by atoms with Crippen LogP contribution in [0.15, 0.2) is 85.2 Å². The van der Waals surface area contributed by atoms with E-state index in [-0.39, 0.29) is 11.7 Å². The number of hydrogen-bond acceptors (Lipinski definition) is 4. The Kier molecular flexibility index (Phi) is 4.99. The molecular weight excluding hydrogens is 507 g/mol. The number of carbonyl (C=O) groups excluding carboxylic acids is 1. The number of hydrogen-bond donors (Lipinski definition) is 3. The van der Waals surface area contributed by atoms with Gasteiger partial charge in [0.15, 0.2) is 0 Å². The average molecular weight is 525 g/mol. The number of nitrogens with zero attached hydrogens (tertiary/aromatic N) is 2. The van der Waals surface area contributed by atoms with E-state index in [4.69, 9.17) is 0 Å². The van der Waals surface area contributed by atoms with E-state index in [9.17, 15) is 18.0 Å². The molecule has 1 amide bonds. The van der Waals surface area contributed by atoms with E-state index in [0.29, 0.717) is 28.1 Å². The van der Waals surface area contributed by atoms with Crippen molar-refractivity contribution in [3.63, 3.8) is 0 Å². The van der Waals surface area contributed by atoms with Crippen LogP contribution < -0.4 is 10.1 Å². The third kappa shape index (κ3) is 3.88. The van der Waals surface area contributed by atoms with Gasteiger partial charge in [0.2, 0.25) is 0 Å². The Bertz CT molecular complexity index is 1910. The Morgan fingerprint density at radius 1 is 0.949 bits per heavy atom. The lowest BCUT2D eigenvalue weighted by atomic mass is 9.98. The van der Waals surface area contributed by atoms with Crippen LogP contribution in [0.5, 0.6) is 5.75 Å². The second-order valence-corrected chi connectivity index (χ2v) is 9.17. The molecule has 0 aliphatic heterocycles. The van der Waals surface area contributed by atoms with Crippen LogP contribution in [0, 0.1) is 0 Å². The lowest BCUT2D eigenvalue weighted by Gasteiger charge is -2.16. The van der Waals surface area contributed by atoms with E-state index in [0.717, 1.165) is 33.2 Å². The maximum atomic E-state index is 13.5. The van der Waals surface area contributed by atoms with E-state index in [1.807, 2.05) is 48.5 Å². The van der Waals surface area contributed by atoms with Crippen LogP contribution >= 0.6 is 0 Å². The largest absolute Gasteiger partial charge is 0.573 e. The Labute approximate surface area is 218 Å². The SMILES string of the molecule is O=C(N[C@@H]1c2ccccc2-c2c(-c3nc4ccc(OC(F)(F)F)cc4[nH]3)cccc21)c1ccnc2[nH]ccc12. The van der Waals surface area contributed by atoms with Crippen LogP contribution in [-0.2, 0) is 0 Å². The molecule has 192 valence electrons. The van der Waals surface area contributed by atoms with Gasteiger partial charge in [-0.25, -0.2) is 9.97 Å². The number of pyridine rings is 1. The number of fused-ring (bicyclic) bond motifs is 5. The van der Waals surface area contributed by atoms with Gasteiger partial charge < -0.3 is 20.0 Å². The molecule has 7 rings (SSSR count).